The molecule has 0 radical (unpaired) electrons. The van der Waals surface area contributed by atoms with Gasteiger partial charge in [0.2, 0.25) is 5.43 Å². The lowest BCUT2D eigenvalue weighted by atomic mass is 10.0. The van der Waals surface area contributed by atoms with Gasteiger partial charge in [-0.25, -0.2) is 10.4 Å². The van der Waals surface area contributed by atoms with Gasteiger partial charge in [0.15, 0.2) is 11.5 Å². The monoisotopic (exact) mass is 409 g/mol. The van der Waals surface area contributed by atoms with Gasteiger partial charge < -0.3 is 14.1 Å². The number of nitrogens with one attached hydrogen (secondary N) is 1. The van der Waals surface area contributed by atoms with Gasteiger partial charge >= 0.3 is 0 Å². The lowest BCUT2D eigenvalue weighted by Crippen LogP contribution is -2.36. The second kappa shape index (κ2) is 7.14. The molecule has 3 aromatic rings. The van der Waals surface area contributed by atoms with Gasteiger partial charge in [0.1, 0.15) is 4.70 Å². The maximum atomic E-state index is 12.7. The summed E-state index contributed by atoms with van der Waals surface area (Å²) in [6, 6.07) is 7.48. The van der Waals surface area contributed by atoms with Crippen LogP contribution in [0.2, 0.25) is 0 Å². The summed E-state index contributed by atoms with van der Waals surface area (Å²) in [4.78, 5) is 26.8. The zero-order valence-corrected chi connectivity index (χ0v) is 16.5. The molecule has 7 nitrogen and oxygen atoms in total. The van der Waals surface area contributed by atoms with E-state index in [0.29, 0.717) is 49.0 Å². The molecule has 1 saturated heterocycles. The van der Waals surface area contributed by atoms with Gasteiger partial charge in [0, 0.05) is 36.6 Å². The molecule has 2 aliphatic heterocycles. The van der Waals surface area contributed by atoms with E-state index < -0.39 is 0 Å². The topological polar surface area (TPSA) is 75.0 Å². The number of hydrogen-bond donors (Lipinski definition) is 1. The van der Waals surface area contributed by atoms with Gasteiger partial charge in [-0.2, -0.15) is 0 Å². The van der Waals surface area contributed by atoms with E-state index in [-0.39, 0.29) is 11.3 Å². The van der Waals surface area contributed by atoms with E-state index in [1.165, 1.54) is 22.4 Å². The first-order valence-corrected chi connectivity index (χ1v) is 10.2. The van der Waals surface area contributed by atoms with Crippen LogP contribution in [-0.4, -0.2) is 32.2 Å². The van der Waals surface area contributed by atoms with Gasteiger partial charge in [-0.15, -0.1) is 11.3 Å². The average Bonchev–Trinajstić information content (AvgIpc) is 3.38. The summed E-state index contributed by atoms with van der Waals surface area (Å²) in [5.74, 6) is 0.356. The van der Waals surface area contributed by atoms with E-state index in [1.54, 1.807) is 6.07 Å². The number of morpholine rings is 1. The number of hydrazine groups is 1. The highest BCUT2D eigenvalue weighted by Crippen LogP contribution is 2.37. The Balaban J connectivity index is 1.61. The number of benzene rings is 1. The normalized spacial score (nSPS) is 16.3. The highest BCUT2D eigenvalue weighted by molar-refractivity contribution is 7.17. The smallest absolute Gasteiger partial charge is 0.264 e. The standard InChI is InChI=1S/C21H19N3O4S/c1-2-18(26)24-16-9-13(3-4-14(16)11-22-24)15-12-29-21-17(25)10-19(28-20(15)21)23-5-7-27-8-6-23/h2-4,9-10,12,22H,1,5-8,11H2. The van der Waals surface area contributed by atoms with Crippen LogP contribution >= 0.6 is 11.3 Å². The van der Waals surface area contributed by atoms with Crippen molar-refractivity contribution < 1.29 is 13.9 Å². The van der Waals surface area contributed by atoms with Crippen molar-refractivity contribution in [3.8, 4) is 11.1 Å². The number of carbonyl (C=O) groups excluding carboxylic acids is 1. The van der Waals surface area contributed by atoms with Crippen LogP contribution in [0.3, 0.4) is 0 Å². The Kier molecular flexibility index (Phi) is 4.46. The predicted molar refractivity (Wildman–Crippen MR) is 113 cm³/mol. The Morgan fingerprint density at radius 1 is 1.24 bits per heavy atom. The molecule has 29 heavy (non-hydrogen) atoms. The molecule has 0 bridgehead atoms. The number of nitrogens with zero attached hydrogens (tertiary/aromatic N) is 2. The van der Waals surface area contributed by atoms with Crippen LogP contribution in [0.1, 0.15) is 5.56 Å². The van der Waals surface area contributed by atoms with E-state index in [2.05, 4.69) is 12.0 Å². The maximum absolute atomic E-state index is 12.7. The lowest BCUT2D eigenvalue weighted by Gasteiger charge is -2.27. The molecule has 0 spiro atoms. The van der Waals surface area contributed by atoms with Crippen molar-refractivity contribution in [3.63, 3.8) is 0 Å². The molecule has 2 aromatic heterocycles. The van der Waals surface area contributed by atoms with Gasteiger partial charge in [-0.1, -0.05) is 18.7 Å². The first-order chi connectivity index (χ1) is 14.2. The Hall–Kier alpha value is -2.94. The van der Waals surface area contributed by atoms with Gasteiger partial charge in [0.05, 0.1) is 18.9 Å². The van der Waals surface area contributed by atoms with Crippen molar-refractivity contribution in [2.75, 3.05) is 36.2 Å². The molecular formula is C21H19N3O4S. The summed E-state index contributed by atoms with van der Waals surface area (Å²) >= 11 is 1.37. The summed E-state index contributed by atoms with van der Waals surface area (Å²) in [5.41, 5.74) is 7.15. The largest absolute Gasteiger partial charge is 0.439 e. The fraction of sp³-hybridized carbons (Fsp3) is 0.238. The quantitative estimate of drug-likeness (QED) is 0.671. The van der Waals surface area contributed by atoms with Crippen LogP contribution in [-0.2, 0) is 16.1 Å². The second-order valence-corrected chi connectivity index (χ2v) is 7.79. The zero-order chi connectivity index (χ0) is 20.0. The van der Waals surface area contributed by atoms with E-state index in [9.17, 15) is 9.59 Å². The molecule has 1 fully saturated rings. The molecule has 0 aliphatic carbocycles. The van der Waals surface area contributed by atoms with Crippen LogP contribution < -0.4 is 20.8 Å². The minimum atomic E-state index is -0.211. The lowest BCUT2D eigenvalue weighted by molar-refractivity contribution is -0.114. The number of carbonyl (C=O) groups is 1. The van der Waals surface area contributed by atoms with Gasteiger partial charge in [0.25, 0.3) is 5.91 Å². The van der Waals surface area contributed by atoms with Crippen LogP contribution in [0.4, 0.5) is 11.6 Å². The molecule has 0 unspecified atom stereocenters. The minimum Gasteiger partial charge on any atom is -0.439 e. The average molecular weight is 409 g/mol. The maximum Gasteiger partial charge on any atom is 0.264 e. The van der Waals surface area contributed by atoms with Gasteiger partial charge in [-0.05, 0) is 23.3 Å². The molecule has 0 saturated carbocycles. The second-order valence-electron chi connectivity index (χ2n) is 6.91. The molecule has 148 valence electrons. The van der Waals surface area contributed by atoms with E-state index in [4.69, 9.17) is 9.15 Å². The highest BCUT2D eigenvalue weighted by atomic mass is 32.1. The van der Waals surface area contributed by atoms with Crippen molar-refractivity contribution in [1.29, 1.82) is 0 Å². The molecular weight excluding hydrogens is 390 g/mol. The molecule has 0 atom stereocenters. The number of fused-ring (bicyclic) bond motifs is 2. The third-order valence-corrected chi connectivity index (χ3v) is 6.19. The summed E-state index contributed by atoms with van der Waals surface area (Å²) in [6.45, 7) is 6.75. The number of rotatable bonds is 3. The molecule has 5 rings (SSSR count). The molecule has 2 aliphatic rings. The van der Waals surface area contributed by atoms with Crippen LogP contribution in [0.15, 0.2) is 51.5 Å². The predicted octanol–water partition coefficient (Wildman–Crippen LogP) is 2.90. The van der Waals surface area contributed by atoms with E-state index in [1.807, 2.05) is 28.5 Å². The Bertz CT molecular complexity index is 1180. The van der Waals surface area contributed by atoms with Crippen molar-refractivity contribution >= 4 is 39.1 Å². The molecule has 1 N–H and O–H groups in total. The molecule has 4 heterocycles. The third-order valence-electron chi connectivity index (χ3n) is 5.21. The summed E-state index contributed by atoms with van der Waals surface area (Å²) in [6.07, 6.45) is 1.28. The number of anilines is 2. The number of thiophene rings is 1. The van der Waals surface area contributed by atoms with Crippen molar-refractivity contribution in [3.05, 3.63) is 58.1 Å². The Morgan fingerprint density at radius 3 is 2.86 bits per heavy atom. The number of ether oxygens (including phenoxy) is 1. The first kappa shape index (κ1) is 18.1. The minimum absolute atomic E-state index is 0.0460. The van der Waals surface area contributed by atoms with Crippen LogP contribution in [0.5, 0.6) is 0 Å². The Labute approximate surface area is 170 Å². The fourth-order valence-electron chi connectivity index (χ4n) is 3.70. The highest BCUT2D eigenvalue weighted by Gasteiger charge is 2.24. The van der Waals surface area contributed by atoms with E-state index >= 15 is 0 Å². The third kappa shape index (κ3) is 3.05. The zero-order valence-electron chi connectivity index (χ0n) is 15.6. The number of hydrogen-bond acceptors (Lipinski definition) is 7. The van der Waals surface area contributed by atoms with Crippen molar-refractivity contribution in [2.24, 2.45) is 0 Å². The SMILES string of the molecule is C=CC(=O)N1NCc2ccc(-c3csc4c(=O)cc(N5CCOCC5)oc34)cc21. The number of amides is 1. The first-order valence-electron chi connectivity index (χ1n) is 9.37. The summed E-state index contributed by atoms with van der Waals surface area (Å²) < 4.78 is 12.2. The fourth-order valence-corrected chi connectivity index (χ4v) is 4.61. The molecule has 8 heteroatoms. The Morgan fingerprint density at radius 2 is 2.07 bits per heavy atom. The van der Waals surface area contributed by atoms with E-state index in [0.717, 1.165) is 22.4 Å². The van der Waals surface area contributed by atoms with Gasteiger partial charge in [-0.3, -0.25) is 9.59 Å². The molecule has 1 aromatic carbocycles. The van der Waals surface area contributed by atoms with Crippen LogP contribution in [0, 0.1) is 0 Å². The van der Waals surface area contributed by atoms with Crippen LogP contribution in [0.25, 0.3) is 21.4 Å². The summed E-state index contributed by atoms with van der Waals surface area (Å²) in [5, 5.41) is 3.43. The van der Waals surface area contributed by atoms with Crippen molar-refractivity contribution in [2.45, 2.75) is 6.54 Å². The summed E-state index contributed by atoms with van der Waals surface area (Å²) in [7, 11) is 0. The van der Waals surface area contributed by atoms with Crippen molar-refractivity contribution in [1.82, 2.24) is 5.43 Å². The molecule has 1 amide bonds.